The number of rotatable bonds is 7. The van der Waals surface area contributed by atoms with Gasteiger partial charge in [0, 0.05) is 26.6 Å². The minimum atomic E-state index is -0.301. The van der Waals surface area contributed by atoms with E-state index in [1.54, 1.807) is 29.2 Å². The van der Waals surface area contributed by atoms with Gasteiger partial charge in [-0.25, -0.2) is 0 Å². The number of nitrogens with zero attached hydrogens (tertiary/aromatic N) is 2. The molecule has 0 aliphatic carbocycles. The van der Waals surface area contributed by atoms with Crippen molar-refractivity contribution in [2.75, 3.05) is 20.2 Å². The van der Waals surface area contributed by atoms with Crippen molar-refractivity contribution in [1.29, 1.82) is 0 Å². The van der Waals surface area contributed by atoms with E-state index in [1.165, 1.54) is 0 Å². The van der Waals surface area contributed by atoms with Crippen LogP contribution in [0.3, 0.4) is 0 Å². The second kappa shape index (κ2) is 8.08. The number of amides is 2. The molecule has 3 rings (SSSR count). The first-order valence-electron chi connectivity index (χ1n) is 8.83. The quantitative estimate of drug-likeness (QED) is 0.765. The van der Waals surface area contributed by atoms with Crippen molar-refractivity contribution in [1.82, 2.24) is 9.80 Å². The van der Waals surface area contributed by atoms with Crippen LogP contribution in [0.2, 0.25) is 0 Å². The minimum absolute atomic E-state index is 0.00535. The lowest BCUT2D eigenvalue weighted by Crippen LogP contribution is -2.34. The molecule has 1 aromatic carbocycles. The highest BCUT2D eigenvalue weighted by molar-refractivity contribution is 5.89. The van der Waals surface area contributed by atoms with Crippen molar-refractivity contribution >= 4 is 11.8 Å². The van der Waals surface area contributed by atoms with E-state index in [0.717, 1.165) is 17.1 Å². The Morgan fingerprint density at radius 3 is 2.73 bits per heavy atom. The molecular weight excluding hydrogens is 332 g/mol. The molecule has 2 amide bonds. The third kappa shape index (κ3) is 4.25. The van der Waals surface area contributed by atoms with Crippen LogP contribution in [-0.4, -0.2) is 41.8 Å². The third-order valence-electron chi connectivity index (χ3n) is 4.52. The summed E-state index contributed by atoms with van der Waals surface area (Å²) in [7, 11) is 1.78. The van der Waals surface area contributed by atoms with E-state index >= 15 is 0 Å². The van der Waals surface area contributed by atoms with Gasteiger partial charge in [0.1, 0.15) is 11.5 Å². The molecular formula is C20H24N2O4. The SMILES string of the molecule is CCOc1ccc(CN(C)C(=O)[C@H]2CC(=O)N(Cc3ccco3)C2)cc1. The predicted octanol–water partition coefficient (Wildman–Crippen LogP) is 2.69. The number of carbonyl (C=O) groups excluding carboxylic acids is 2. The monoisotopic (exact) mass is 356 g/mol. The molecule has 0 saturated carbocycles. The largest absolute Gasteiger partial charge is 0.494 e. The fourth-order valence-corrected chi connectivity index (χ4v) is 3.20. The summed E-state index contributed by atoms with van der Waals surface area (Å²) in [5, 5.41) is 0. The van der Waals surface area contributed by atoms with Gasteiger partial charge in [0.15, 0.2) is 0 Å². The molecule has 0 N–H and O–H groups in total. The fourth-order valence-electron chi connectivity index (χ4n) is 3.20. The smallest absolute Gasteiger partial charge is 0.228 e. The summed E-state index contributed by atoms with van der Waals surface area (Å²) in [6, 6.07) is 11.3. The first kappa shape index (κ1) is 18.0. The molecule has 138 valence electrons. The Balaban J connectivity index is 1.55. The van der Waals surface area contributed by atoms with Crippen LogP contribution >= 0.6 is 0 Å². The molecule has 2 heterocycles. The van der Waals surface area contributed by atoms with Gasteiger partial charge in [0.2, 0.25) is 11.8 Å². The molecule has 6 heteroatoms. The maximum atomic E-state index is 12.7. The zero-order chi connectivity index (χ0) is 18.5. The molecule has 0 spiro atoms. The number of ether oxygens (including phenoxy) is 1. The molecule has 1 aliphatic heterocycles. The van der Waals surface area contributed by atoms with Crippen LogP contribution in [-0.2, 0) is 22.7 Å². The van der Waals surface area contributed by atoms with E-state index in [-0.39, 0.29) is 24.2 Å². The summed E-state index contributed by atoms with van der Waals surface area (Å²) in [5.74, 6) is 1.24. The van der Waals surface area contributed by atoms with E-state index in [9.17, 15) is 9.59 Å². The number of benzene rings is 1. The molecule has 0 unspecified atom stereocenters. The lowest BCUT2D eigenvalue weighted by molar-refractivity contribution is -0.135. The molecule has 1 atom stereocenters. The van der Waals surface area contributed by atoms with Crippen molar-refractivity contribution in [3.05, 3.63) is 54.0 Å². The normalized spacial score (nSPS) is 16.8. The van der Waals surface area contributed by atoms with Gasteiger partial charge >= 0.3 is 0 Å². The Bertz CT molecular complexity index is 740. The van der Waals surface area contributed by atoms with Crippen LogP contribution < -0.4 is 4.74 Å². The summed E-state index contributed by atoms with van der Waals surface area (Å²) >= 11 is 0. The van der Waals surface area contributed by atoms with E-state index in [0.29, 0.717) is 26.2 Å². The molecule has 0 radical (unpaired) electrons. The zero-order valence-corrected chi connectivity index (χ0v) is 15.2. The molecule has 2 aromatic rings. The summed E-state index contributed by atoms with van der Waals surface area (Å²) < 4.78 is 10.7. The van der Waals surface area contributed by atoms with Gasteiger partial charge in [-0.3, -0.25) is 9.59 Å². The van der Waals surface area contributed by atoms with Gasteiger partial charge in [-0.1, -0.05) is 12.1 Å². The van der Waals surface area contributed by atoms with Crippen molar-refractivity contribution < 1.29 is 18.7 Å². The van der Waals surface area contributed by atoms with Gasteiger partial charge in [0.25, 0.3) is 0 Å². The van der Waals surface area contributed by atoms with Gasteiger partial charge in [0.05, 0.1) is 25.3 Å². The number of hydrogen-bond acceptors (Lipinski definition) is 4. The summed E-state index contributed by atoms with van der Waals surface area (Å²) in [5.41, 5.74) is 1.03. The molecule has 0 bridgehead atoms. The van der Waals surface area contributed by atoms with Crippen LogP contribution in [0.25, 0.3) is 0 Å². The lowest BCUT2D eigenvalue weighted by Gasteiger charge is -2.21. The van der Waals surface area contributed by atoms with E-state index in [2.05, 4.69) is 0 Å². The first-order chi connectivity index (χ1) is 12.6. The molecule has 1 aliphatic rings. The van der Waals surface area contributed by atoms with Crippen LogP contribution in [0.4, 0.5) is 0 Å². The average molecular weight is 356 g/mol. The third-order valence-corrected chi connectivity index (χ3v) is 4.52. The maximum absolute atomic E-state index is 12.7. The van der Waals surface area contributed by atoms with Crippen LogP contribution in [0.5, 0.6) is 5.75 Å². The molecule has 1 aromatic heterocycles. The van der Waals surface area contributed by atoms with Crippen LogP contribution in [0.1, 0.15) is 24.7 Å². The minimum Gasteiger partial charge on any atom is -0.494 e. The Morgan fingerprint density at radius 1 is 1.31 bits per heavy atom. The fraction of sp³-hybridized carbons (Fsp3) is 0.400. The van der Waals surface area contributed by atoms with Crippen molar-refractivity contribution in [2.24, 2.45) is 5.92 Å². The predicted molar refractivity (Wildman–Crippen MR) is 96.3 cm³/mol. The Hall–Kier alpha value is -2.76. The average Bonchev–Trinajstić information content (AvgIpc) is 3.27. The number of furan rings is 1. The standard InChI is InChI=1S/C20H24N2O4/c1-3-25-17-8-6-15(7-9-17)12-21(2)20(24)16-11-19(23)22(13-16)14-18-5-4-10-26-18/h4-10,16H,3,11-14H2,1-2H3/t16-/m0/s1. The summed E-state index contributed by atoms with van der Waals surface area (Å²) in [6.45, 7) is 3.93. The molecule has 6 nitrogen and oxygen atoms in total. The van der Waals surface area contributed by atoms with Crippen molar-refractivity contribution in [3.8, 4) is 5.75 Å². The highest BCUT2D eigenvalue weighted by Gasteiger charge is 2.35. The lowest BCUT2D eigenvalue weighted by atomic mass is 10.1. The van der Waals surface area contributed by atoms with Gasteiger partial charge in [-0.15, -0.1) is 0 Å². The summed E-state index contributed by atoms with van der Waals surface area (Å²) in [6.07, 6.45) is 1.84. The van der Waals surface area contributed by atoms with Crippen LogP contribution in [0, 0.1) is 5.92 Å². The van der Waals surface area contributed by atoms with Crippen molar-refractivity contribution in [2.45, 2.75) is 26.4 Å². The van der Waals surface area contributed by atoms with Gasteiger partial charge < -0.3 is 19.0 Å². The molecule has 1 saturated heterocycles. The molecule has 1 fully saturated rings. The number of hydrogen-bond donors (Lipinski definition) is 0. The van der Waals surface area contributed by atoms with Crippen molar-refractivity contribution in [3.63, 3.8) is 0 Å². The van der Waals surface area contributed by atoms with Gasteiger partial charge in [-0.2, -0.15) is 0 Å². The topological polar surface area (TPSA) is 63.0 Å². The number of carbonyl (C=O) groups is 2. The highest BCUT2D eigenvalue weighted by atomic mass is 16.5. The number of likely N-dealkylation sites (tertiary alicyclic amines) is 1. The Labute approximate surface area is 153 Å². The highest BCUT2D eigenvalue weighted by Crippen LogP contribution is 2.23. The van der Waals surface area contributed by atoms with E-state index in [1.807, 2.05) is 37.3 Å². The first-order valence-corrected chi connectivity index (χ1v) is 8.83. The van der Waals surface area contributed by atoms with E-state index < -0.39 is 0 Å². The Morgan fingerprint density at radius 2 is 2.08 bits per heavy atom. The Kier molecular flexibility index (Phi) is 5.61. The second-order valence-corrected chi connectivity index (χ2v) is 6.53. The molecule has 26 heavy (non-hydrogen) atoms. The van der Waals surface area contributed by atoms with E-state index in [4.69, 9.17) is 9.15 Å². The van der Waals surface area contributed by atoms with Gasteiger partial charge in [-0.05, 0) is 36.8 Å². The van der Waals surface area contributed by atoms with Crippen LogP contribution in [0.15, 0.2) is 47.1 Å². The second-order valence-electron chi connectivity index (χ2n) is 6.53. The zero-order valence-electron chi connectivity index (χ0n) is 15.2. The summed E-state index contributed by atoms with van der Waals surface area (Å²) in [4.78, 5) is 28.3. The maximum Gasteiger partial charge on any atom is 0.228 e.